The van der Waals surface area contributed by atoms with Crippen molar-refractivity contribution < 1.29 is 32.6 Å². The minimum atomic E-state index is -5.28. The van der Waals surface area contributed by atoms with Crippen molar-refractivity contribution in [2.75, 3.05) is 13.7 Å². The van der Waals surface area contributed by atoms with Crippen molar-refractivity contribution in [3.63, 3.8) is 0 Å². The van der Waals surface area contributed by atoms with Crippen LogP contribution in [0.5, 0.6) is 0 Å². The standard InChI is InChI=1S/C14H16F3N3O4/c1-3-24-11(21)9-10(8-5-4-6-18-7-8)19-12(22)20(2)13(9,23)14(15,16)17/h4-7,9-10,23H,3H2,1-2H3,(H,19,22)/t9-,10-,13-/m1/s1. The molecule has 2 N–H and O–H groups in total. The van der Waals surface area contributed by atoms with Gasteiger partial charge in [-0.15, -0.1) is 0 Å². The number of pyridine rings is 1. The third kappa shape index (κ3) is 2.77. The van der Waals surface area contributed by atoms with Gasteiger partial charge in [-0.05, 0) is 18.6 Å². The molecule has 2 heterocycles. The SMILES string of the molecule is CCOC(=O)[C@H]1[C@@H](c2cccnc2)NC(=O)N(C)[C@]1(O)C(F)(F)F. The Hall–Kier alpha value is -2.36. The summed E-state index contributed by atoms with van der Waals surface area (Å²) in [5, 5.41) is 12.6. The lowest BCUT2D eigenvalue weighted by Crippen LogP contribution is -2.73. The Morgan fingerprint density at radius 2 is 2.21 bits per heavy atom. The molecule has 0 spiro atoms. The van der Waals surface area contributed by atoms with E-state index < -0.39 is 35.9 Å². The Kier molecular flexibility index (Phi) is 4.70. The van der Waals surface area contributed by atoms with Crippen LogP contribution in [0.25, 0.3) is 0 Å². The molecule has 2 rings (SSSR count). The monoisotopic (exact) mass is 347 g/mol. The van der Waals surface area contributed by atoms with Gasteiger partial charge in [-0.2, -0.15) is 13.2 Å². The first kappa shape index (κ1) is 18.0. The Morgan fingerprint density at radius 3 is 2.71 bits per heavy atom. The number of rotatable bonds is 3. The van der Waals surface area contributed by atoms with Crippen molar-refractivity contribution in [2.24, 2.45) is 5.92 Å². The normalized spacial score (nSPS) is 27.6. The van der Waals surface area contributed by atoms with Crippen LogP contribution in [0, 0.1) is 5.92 Å². The van der Waals surface area contributed by atoms with Gasteiger partial charge in [0.05, 0.1) is 12.6 Å². The molecular formula is C14H16F3N3O4. The summed E-state index contributed by atoms with van der Waals surface area (Å²) in [4.78, 5) is 28.0. The van der Waals surface area contributed by atoms with Gasteiger partial charge in [-0.3, -0.25) is 14.7 Å². The number of carbonyl (C=O) groups is 2. The molecular weight excluding hydrogens is 331 g/mol. The van der Waals surface area contributed by atoms with E-state index >= 15 is 0 Å². The molecule has 2 amide bonds. The van der Waals surface area contributed by atoms with Crippen molar-refractivity contribution in [1.29, 1.82) is 0 Å². The largest absolute Gasteiger partial charge is 0.466 e. The van der Waals surface area contributed by atoms with Gasteiger partial charge < -0.3 is 15.2 Å². The molecule has 1 aromatic heterocycles. The third-order valence-electron chi connectivity index (χ3n) is 3.86. The highest BCUT2D eigenvalue weighted by Gasteiger charge is 2.69. The van der Waals surface area contributed by atoms with Gasteiger partial charge in [0.1, 0.15) is 5.92 Å². The molecule has 1 aromatic rings. The molecule has 0 saturated carbocycles. The maximum atomic E-state index is 13.6. The molecule has 0 bridgehead atoms. The molecule has 1 fully saturated rings. The number of hydrogen-bond donors (Lipinski definition) is 2. The van der Waals surface area contributed by atoms with Gasteiger partial charge in [0, 0.05) is 19.4 Å². The van der Waals surface area contributed by atoms with E-state index in [0.717, 1.165) is 7.05 Å². The van der Waals surface area contributed by atoms with Gasteiger partial charge in [-0.25, -0.2) is 4.79 Å². The van der Waals surface area contributed by atoms with Gasteiger partial charge >= 0.3 is 18.2 Å². The average molecular weight is 347 g/mol. The number of aliphatic hydroxyl groups is 1. The van der Waals surface area contributed by atoms with Crippen LogP contribution in [0.1, 0.15) is 18.5 Å². The number of amides is 2. The zero-order valence-electron chi connectivity index (χ0n) is 12.9. The number of nitrogens with zero attached hydrogens (tertiary/aromatic N) is 2. The van der Waals surface area contributed by atoms with Crippen LogP contribution in [0.2, 0.25) is 0 Å². The van der Waals surface area contributed by atoms with Crippen LogP contribution >= 0.6 is 0 Å². The maximum absolute atomic E-state index is 13.6. The Morgan fingerprint density at radius 1 is 1.54 bits per heavy atom. The highest BCUT2D eigenvalue weighted by molar-refractivity contribution is 5.83. The number of hydrogen-bond acceptors (Lipinski definition) is 5. The van der Waals surface area contributed by atoms with E-state index in [0.29, 0.717) is 0 Å². The van der Waals surface area contributed by atoms with Crippen LogP contribution in [0.3, 0.4) is 0 Å². The van der Waals surface area contributed by atoms with Gasteiger partial charge in [0.15, 0.2) is 0 Å². The Labute approximate surface area is 135 Å². The van der Waals surface area contributed by atoms with E-state index in [9.17, 15) is 27.9 Å². The maximum Gasteiger partial charge on any atom is 0.437 e. The number of esters is 1. The Bertz CT molecular complexity index is 625. The minimum absolute atomic E-state index is 0.0570. The minimum Gasteiger partial charge on any atom is -0.466 e. The highest BCUT2D eigenvalue weighted by atomic mass is 19.4. The lowest BCUT2D eigenvalue weighted by Gasteiger charge is -2.49. The lowest BCUT2D eigenvalue weighted by molar-refractivity contribution is -0.328. The molecule has 7 nitrogen and oxygen atoms in total. The molecule has 0 aromatic carbocycles. The number of nitrogens with one attached hydrogen (secondary N) is 1. The van der Waals surface area contributed by atoms with E-state index in [-0.39, 0.29) is 17.1 Å². The molecule has 24 heavy (non-hydrogen) atoms. The summed E-state index contributed by atoms with van der Waals surface area (Å²) in [5.74, 6) is -3.40. The predicted octanol–water partition coefficient (Wildman–Crippen LogP) is 1.21. The van der Waals surface area contributed by atoms with Crippen molar-refractivity contribution >= 4 is 12.0 Å². The molecule has 10 heteroatoms. The summed E-state index contributed by atoms with van der Waals surface area (Å²) in [6.07, 6.45) is -2.69. The number of carbonyl (C=O) groups excluding carboxylic acids is 2. The fourth-order valence-electron chi connectivity index (χ4n) is 2.64. The quantitative estimate of drug-likeness (QED) is 0.802. The summed E-state index contributed by atoms with van der Waals surface area (Å²) < 4.78 is 45.5. The fourth-order valence-corrected chi connectivity index (χ4v) is 2.64. The third-order valence-corrected chi connectivity index (χ3v) is 3.86. The molecule has 1 aliphatic heterocycles. The van der Waals surface area contributed by atoms with E-state index in [2.05, 4.69) is 10.3 Å². The van der Waals surface area contributed by atoms with Crippen molar-refractivity contribution in [3.8, 4) is 0 Å². The van der Waals surface area contributed by atoms with Crippen LogP contribution in [0.15, 0.2) is 24.5 Å². The number of urea groups is 1. The average Bonchev–Trinajstić information content (AvgIpc) is 2.52. The van der Waals surface area contributed by atoms with E-state index in [1.54, 1.807) is 0 Å². The first-order valence-electron chi connectivity index (χ1n) is 7.04. The number of halogens is 3. The topological polar surface area (TPSA) is 91.8 Å². The second-order valence-electron chi connectivity index (χ2n) is 5.23. The molecule has 132 valence electrons. The second kappa shape index (κ2) is 6.27. The molecule has 0 unspecified atom stereocenters. The van der Waals surface area contributed by atoms with Gasteiger partial charge in [0.2, 0.25) is 0 Å². The summed E-state index contributed by atoms with van der Waals surface area (Å²) >= 11 is 0. The molecule has 1 saturated heterocycles. The summed E-state index contributed by atoms with van der Waals surface area (Å²) in [5.41, 5.74) is -3.58. The van der Waals surface area contributed by atoms with Crippen LogP contribution in [0.4, 0.5) is 18.0 Å². The number of aromatic nitrogens is 1. The van der Waals surface area contributed by atoms with Gasteiger partial charge in [-0.1, -0.05) is 6.07 Å². The van der Waals surface area contributed by atoms with Crippen LogP contribution in [-0.4, -0.2) is 52.5 Å². The lowest BCUT2D eigenvalue weighted by atomic mass is 9.81. The summed E-state index contributed by atoms with van der Waals surface area (Å²) in [7, 11) is 0.758. The van der Waals surface area contributed by atoms with E-state index in [4.69, 9.17) is 4.74 Å². The smallest absolute Gasteiger partial charge is 0.437 e. The molecule has 0 radical (unpaired) electrons. The zero-order chi connectivity index (χ0) is 18.1. The van der Waals surface area contributed by atoms with Crippen molar-refractivity contribution in [2.45, 2.75) is 24.9 Å². The first-order chi connectivity index (χ1) is 11.1. The summed E-state index contributed by atoms with van der Waals surface area (Å²) in [6, 6.07) is 0.207. The number of alkyl halides is 3. The zero-order valence-corrected chi connectivity index (χ0v) is 12.9. The molecule has 0 aliphatic carbocycles. The van der Waals surface area contributed by atoms with Crippen LogP contribution in [-0.2, 0) is 9.53 Å². The predicted molar refractivity (Wildman–Crippen MR) is 74.4 cm³/mol. The summed E-state index contributed by atoms with van der Waals surface area (Å²) in [6.45, 7) is 1.25. The van der Waals surface area contributed by atoms with E-state index in [1.807, 2.05) is 0 Å². The van der Waals surface area contributed by atoms with Crippen molar-refractivity contribution in [3.05, 3.63) is 30.1 Å². The second-order valence-corrected chi connectivity index (χ2v) is 5.23. The van der Waals surface area contributed by atoms with Crippen LogP contribution < -0.4 is 5.32 Å². The van der Waals surface area contributed by atoms with E-state index in [1.165, 1.54) is 31.5 Å². The van der Waals surface area contributed by atoms with Crippen molar-refractivity contribution in [1.82, 2.24) is 15.2 Å². The number of ether oxygens (including phenoxy) is 1. The molecule has 1 aliphatic rings. The fraction of sp³-hybridized carbons (Fsp3) is 0.500. The Balaban J connectivity index is 2.61. The first-order valence-corrected chi connectivity index (χ1v) is 7.04. The highest BCUT2D eigenvalue weighted by Crippen LogP contribution is 2.46. The van der Waals surface area contributed by atoms with Gasteiger partial charge in [0.25, 0.3) is 5.72 Å². The molecule has 3 atom stereocenters.